The van der Waals surface area contributed by atoms with Crippen molar-refractivity contribution in [2.75, 3.05) is 32.1 Å². The minimum absolute atomic E-state index is 0.0226. The lowest BCUT2D eigenvalue weighted by Crippen LogP contribution is -2.48. The number of anilines is 2. The number of rotatable bonds is 10. The summed E-state index contributed by atoms with van der Waals surface area (Å²) in [6.45, 7) is 8.19. The van der Waals surface area contributed by atoms with E-state index in [1.807, 2.05) is 30.2 Å². The number of carbonyl (C=O) groups is 2. The topological polar surface area (TPSA) is 130 Å². The molecule has 11 heteroatoms. The lowest BCUT2D eigenvalue weighted by atomic mass is 9.63. The van der Waals surface area contributed by atoms with E-state index < -0.39 is 11.0 Å². The number of hydrogen-bond donors (Lipinski definition) is 3. The van der Waals surface area contributed by atoms with Gasteiger partial charge in [0, 0.05) is 56.1 Å². The largest absolute Gasteiger partial charge is 0.481 e. The number of aryl methyl sites for hydroxylation is 1. The number of ether oxygens (including phenoxy) is 1. The number of aromatic nitrogens is 3. The molecule has 2 aliphatic rings. The molecular weight excluding hydrogens is 552 g/mol. The molecule has 1 saturated heterocycles. The van der Waals surface area contributed by atoms with Crippen LogP contribution in [0.1, 0.15) is 62.9 Å². The standard InChI is InChI=1S/C31H40N6O4S/c1-20-15-21(17-22(16-20)35-29-33-12-9-25(36-29)41-4)24-18-34-28(42-24)31(40)10-8-23(30(2,3)19-31)27(39)32-11-6-14-37-13-5-7-26(37)38/h9,12,15-18,23,40H,5-8,10-11,13-14,19H2,1-4H3,(H,32,39)(H,33,35,36)/t23-,31-/m1/s1. The number of nitrogens with one attached hydrogen (secondary N) is 2. The molecule has 0 spiro atoms. The van der Waals surface area contributed by atoms with E-state index in [0.717, 1.165) is 41.1 Å². The summed E-state index contributed by atoms with van der Waals surface area (Å²) in [6, 6.07) is 7.81. The molecule has 2 fully saturated rings. The fourth-order valence-electron chi connectivity index (χ4n) is 6.22. The van der Waals surface area contributed by atoms with Gasteiger partial charge in [0.05, 0.1) is 12.0 Å². The molecule has 1 aromatic carbocycles. The molecule has 3 aromatic rings. The summed E-state index contributed by atoms with van der Waals surface area (Å²) in [5.74, 6) is 0.951. The first-order valence-electron chi connectivity index (χ1n) is 14.6. The summed E-state index contributed by atoms with van der Waals surface area (Å²) in [5.41, 5.74) is 1.37. The second-order valence-electron chi connectivity index (χ2n) is 12.1. The summed E-state index contributed by atoms with van der Waals surface area (Å²) in [6.07, 6.45) is 7.25. The van der Waals surface area contributed by atoms with E-state index in [2.05, 4.69) is 45.5 Å². The molecule has 2 amide bonds. The van der Waals surface area contributed by atoms with E-state index in [1.54, 1.807) is 19.4 Å². The number of methoxy groups -OCH3 is 1. The SMILES string of the molecule is COc1ccnc(Nc2cc(C)cc(-c3cnc([C@@]4(O)CC[C@H](C(=O)NCCCN5CCCC5=O)C(C)(C)C4)s3)c2)n1. The Bertz CT molecular complexity index is 1440. The van der Waals surface area contributed by atoms with Crippen LogP contribution < -0.4 is 15.4 Å². The Labute approximate surface area is 250 Å². The second kappa shape index (κ2) is 12.3. The second-order valence-corrected chi connectivity index (χ2v) is 13.1. The van der Waals surface area contributed by atoms with Gasteiger partial charge in [-0.25, -0.2) is 9.97 Å². The molecule has 1 aliphatic carbocycles. The van der Waals surface area contributed by atoms with E-state index in [-0.39, 0.29) is 17.7 Å². The maximum atomic E-state index is 13.1. The Morgan fingerprint density at radius 3 is 2.83 bits per heavy atom. The molecule has 2 aromatic heterocycles. The van der Waals surface area contributed by atoms with Crippen LogP contribution in [-0.2, 0) is 15.2 Å². The number of amides is 2. The number of thiazole rings is 1. The van der Waals surface area contributed by atoms with E-state index in [1.165, 1.54) is 11.3 Å². The predicted octanol–water partition coefficient (Wildman–Crippen LogP) is 4.80. The van der Waals surface area contributed by atoms with Crippen LogP contribution in [0.3, 0.4) is 0 Å². The fourth-order valence-corrected chi connectivity index (χ4v) is 7.24. The highest BCUT2D eigenvalue weighted by Crippen LogP contribution is 2.51. The molecule has 224 valence electrons. The number of aliphatic hydroxyl groups is 1. The van der Waals surface area contributed by atoms with Gasteiger partial charge in [0.1, 0.15) is 10.6 Å². The monoisotopic (exact) mass is 592 g/mol. The Hall–Kier alpha value is -3.57. The van der Waals surface area contributed by atoms with Gasteiger partial charge in [0.2, 0.25) is 23.6 Å². The van der Waals surface area contributed by atoms with Gasteiger partial charge in [-0.3, -0.25) is 9.59 Å². The van der Waals surface area contributed by atoms with Crippen LogP contribution in [0.5, 0.6) is 5.88 Å². The third-order valence-corrected chi connectivity index (χ3v) is 9.53. The van der Waals surface area contributed by atoms with E-state index in [9.17, 15) is 14.7 Å². The highest BCUT2D eigenvalue weighted by atomic mass is 32.1. The zero-order valence-corrected chi connectivity index (χ0v) is 25.6. The van der Waals surface area contributed by atoms with E-state index in [0.29, 0.717) is 55.6 Å². The molecule has 0 unspecified atom stereocenters. The zero-order chi connectivity index (χ0) is 29.9. The lowest BCUT2D eigenvalue weighted by molar-refractivity contribution is -0.137. The van der Waals surface area contributed by atoms with Gasteiger partial charge in [-0.2, -0.15) is 4.98 Å². The summed E-state index contributed by atoms with van der Waals surface area (Å²) in [7, 11) is 1.57. The molecule has 2 atom stereocenters. The quantitative estimate of drug-likeness (QED) is 0.286. The molecule has 5 rings (SSSR count). The van der Waals surface area contributed by atoms with Crippen LogP contribution in [0, 0.1) is 18.3 Å². The van der Waals surface area contributed by atoms with Crippen LogP contribution >= 0.6 is 11.3 Å². The first kappa shape index (κ1) is 29.9. The van der Waals surface area contributed by atoms with Gasteiger partial charge in [0.25, 0.3) is 0 Å². The fraction of sp³-hybridized carbons (Fsp3) is 0.516. The number of benzene rings is 1. The summed E-state index contributed by atoms with van der Waals surface area (Å²) < 4.78 is 5.20. The third kappa shape index (κ3) is 6.73. The Kier molecular flexibility index (Phi) is 8.79. The van der Waals surface area contributed by atoms with Crippen LogP contribution in [0.15, 0.2) is 36.7 Å². The zero-order valence-electron chi connectivity index (χ0n) is 24.8. The molecule has 3 N–H and O–H groups in total. The first-order valence-corrected chi connectivity index (χ1v) is 15.4. The van der Waals surface area contributed by atoms with Gasteiger partial charge in [-0.1, -0.05) is 19.9 Å². The molecule has 1 saturated carbocycles. The van der Waals surface area contributed by atoms with Gasteiger partial charge in [0.15, 0.2) is 0 Å². The first-order chi connectivity index (χ1) is 20.1. The van der Waals surface area contributed by atoms with Crippen molar-refractivity contribution in [1.82, 2.24) is 25.2 Å². The van der Waals surface area contributed by atoms with Crippen LogP contribution in [-0.4, -0.2) is 63.5 Å². The highest BCUT2D eigenvalue weighted by Gasteiger charge is 2.49. The van der Waals surface area contributed by atoms with Gasteiger partial charge >= 0.3 is 0 Å². The number of likely N-dealkylation sites (tertiary alicyclic amines) is 1. The highest BCUT2D eigenvalue weighted by molar-refractivity contribution is 7.15. The normalized spacial score (nSPS) is 21.8. The molecule has 0 radical (unpaired) electrons. The van der Waals surface area contributed by atoms with E-state index >= 15 is 0 Å². The molecule has 10 nitrogen and oxygen atoms in total. The maximum Gasteiger partial charge on any atom is 0.230 e. The van der Waals surface area contributed by atoms with Crippen molar-refractivity contribution >= 4 is 34.8 Å². The minimum Gasteiger partial charge on any atom is -0.481 e. The Morgan fingerprint density at radius 1 is 1.26 bits per heavy atom. The van der Waals surface area contributed by atoms with Crippen molar-refractivity contribution in [3.63, 3.8) is 0 Å². The maximum absolute atomic E-state index is 13.1. The van der Waals surface area contributed by atoms with E-state index in [4.69, 9.17) is 4.74 Å². The number of carbonyl (C=O) groups excluding carboxylic acids is 2. The van der Waals surface area contributed by atoms with Crippen molar-refractivity contribution in [2.45, 2.75) is 64.9 Å². The van der Waals surface area contributed by atoms with Crippen molar-refractivity contribution in [3.05, 3.63) is 47.2 Å². The van der Waals surface area contributed by atoms with Gasteiger partial charge in [-0.05, 0) is 67.7 Å². The average Bonchev–Trinajstić information content (AvgIpc) is 3.60. The Morgan fingerprint density at radius 2 is 2.10 bits per heavy atom. The average molecular weight is 593 g/mol. The van der Waals surface area contributed by atoms with Crippen molar-refractivity contribution in [2.24, 2.45) is 11.3 Å². The predicted molar refractivity (Wildman–Crippen MR) is 163 cm³/mol. The molecule has 3 heterocycles. The summed E-state index contributed by atoms with van der Waals surface area (Å²) in [4.78, 5) is 41.0. The molecule has 0 bridgehead atoms. The lowest BCUT2D eigenvalue weighted by Gasteiger charge is -2.45. The molecule has 42 heavy (non-hydrogen) atoms. The number of hydrogen-bond acceptors (Lipinski definition) is 9. The molecule has 1 aliphatic heterocycles. The van der Waals surface area contributed by atoms with Crippen LogP contribution in [0.4, 0.5) is 11.6 Å². The van der Waals surface area contributed by atoms with Gasteiger partial charge in [-0.15, -0.1) is 11.3 Å². The summed E-state index contributed by atoms with van der Waals surface area (Å²) >= 11 is 1.49. The third-order valence-electron chi connectivity index (χ3n) is 8.29. The van der Waals surface area contributed by atoms with Crippen molar-refractivity contribution in [1.29, 1.82) is 0 Å². The molecular formula is C31H40N6O4S. The van der Waals surface area contributed by atoms with Gasteiger partial charge < -0.3 is 25.4 Å². The van der Waals surface area contributed by atoms with Crippen molar-refractivity contribution < 1.29 is 19.4 Å². The van der Waals surface area contributed by atoms with Crippen molar-refractivity contribution in [3.8, 4) is 16.3 Å². The Balaban J connectivity index is 1.22. The minimum atomic E-state index is -1.10. The van der Waals surface area contributed by atoms with Crippen LogP contribution in [0.2, 0.25) is 0 Å². The summed E-state index contributed by atoms with van der Waals surface area (Å²) in [5, 5.41) is 18.8. The number of nitrogens with zero attached hydrogens (tertiary/aromatic N) is 4. The smallest absolute Gasteiger partial charge is 0.230 e. The van der Waals surface area contributed by atoms with Crippen LogP contribution in [0.25, 0.3) is 10.4 Å².